The average molecular weight is 405 g/mol. The number of carbonyl (C=O) groups excluding carboxylic acids is 1. The number of carbonyl (C=O) groups is 1. The van der Waals surface area contributed by atoms with Crippen LogP contribution in [0, 0.1) is 0 Å². The number of anilines is 1. The Balaban J connectivity index is 1.65. The molecule has 2 N–H and O–H groups in total. The molecule has 4 rings (SSSR count). The molecule has 5 nitrogen and oxygen atoms in total. The Morgan fingerprint density at radius 2 is 1.62 bits per heavy atom. The molecule has 6 heteroatoms. The largest absolute Gasteiger partial charge is 0.508 e. The van der Waals surface area contributed by atoms with Crippen LogP contribution in [0.25, 0.3) is 22.7 Å². The van der Waals surface area contributed by atoms with E-state index in [1.165, 1.54) is 6.07 Å². The normalized spacial score (nSPS) is 10.7. The molecule has 0 aliphatic carbocycles. The number of oxazole rings is 1. The summed E-state index contributed by atoms with van der Waals surface area (Å²) in [5.41, 5.74) is 2.64. The van der Waals surface area contributed by atoms with E-state index in [1.807, 2.05) is 60.7 Å². The van der Waals surface area contributed by atoms with E-state index in [0.717, 1.165) is 11.1 Å². The summed E-state index contributed by atoms with van der Waals surface area (Å²) in [6.07, 6.45) is -0.0292. The molecule has 0 aliphatic heterocycles. The van der Waals surface area contributed by atoms with Gasteiger partial charge >= 0.3 is 0 Å². The number of hydrogen-bond donors (Lipinski definition) is 2. The highest BCUT2D eigenvalue weighted by Crippen LogP contribution is 2.33. The number of hydrogen-bond acceptors (Lipinski definition) is 4. The van der Waals surface area contributed by atoms with Crippen LogP contribution in [0.2, 0.25) is 5.02 Å². The predicted molar refractivity (Wildman–Crippen MR) is 113 cm³/mol. The zero-order chi connectivity index (χ0) is 20.2. The molecule has 0 saturated heterocycles. The highest BCUT2D eigenvalue weighted by molar-refractivity contribution is 6.30. The minimum absolute atomic E-state index is 0.0292. The van der Waals surface area contributed by atoms with Crippen molar-refractivity contribution in [2.45, 2.75) is 6.42 Å². The van der Waals surface area contributed by atoms with Crippen molar-refractivity contribution in [3.63, 3.8) is 0 Å². The molecule has 29 heavy (non-hydrogen) atoms. The zero-order valence-corrected chi connectivity index (χ0v) is 16.1. The Hall–Kier alpha value is -3.57. The first kappa shape index (κ1) is 18.8. The summed E-state index contributed by atoms with van der Waals surface area (Å²) in [5, 5.41) is 13.2. The van der Waals surface area contributed by atoms with Gasteiger partial charge in [0.2, 0.25) is 17.7 Å². The number of rotatable bonds is 5. The molecule has 0 radical (unpaired) electrons. The average Bonchev–Trinajstić information content (AvgIpc) is 3.15. The third-order valence-electron chi connectivity index (χ3n) is 4.35. The smallest absolute Gasteiger partial charge is 0.231 e. The van der Waals surface area contributed by atoms with Crippen LogP contribution in [0.3, 0.4) is 0 Å². The highest BCUT2D eigenvalue weighted by Gasteiger charge is 2.19. The molecule has 1 amide bonds. The van der Waals surface area contributed by atoms with Crippen LogP contribution < -0.4 is 5.32 Å². The Kier molecular flexibility index (Phi) is 5.31. The van der Waals surface area contributed by atoms with Gasteiger partial charge in [-0.15, -0.1) is 0 Å². The number of phenols is 1. The van der Waals surface area contributed by atoms with Crippen molar-refractivity contribution in [1.29, 1.82) is 0 Å². The van der Waals surface area contributed by atoms with Crippen molar-refractivity contribution >= 4 is 23.4 Å². The fourth-order valence-electron chi connectivity index (χ4n) is 2.93. The molecular weight excluding hydrogens is 388 g/mol. The minimum Gasteiger partial charge on any atom is -0.508 e. The number of halogens is 1. The van der Waals surface area contributed by atoms with Crippen molar-refractivity contribution in [3.05, 3.63) is 89.4 Å². The summed E-state index contributed by atoms with van der Waals surface area (Å²) in [7, 11) is 0. The van der Waals surface area contributed by atoms with E-state index in [-0.39, 0.29) is 24.0 Å². The lowest BCUT2D eigenvalue weighted by atomic mass is 10.1. The van der Waals surface area contributed by atoms with Crippen molar-refractivity contribution in [3.8, 4) is 28.5 Å². The van der Waals surface area contributed by atoms with E-state index in [2.05, 4.69) is 10.3 Å². The fraction of sp³-hybridized carbons (Fsp3) is 0.0435. The Bertz CT molecular complexity index is 1140. The Morgan fingerprint density at radius 1 is 0.966 bits per heavy atom. The van der Waals surface area contributed by atoms with Gasteiger partial charge in [-0.05, 0) is 24.3 Å². The molecule has 1 heterocycles. The van der Waals surface area contributed by atoms with Crippen molar-refractivity contribution in [2.75, 3.05) is 5.32 Å². The third-order valence-corrected chi connectivity index (χ3v) is 4.58. The molecule has 0 atom stereocenters. The number of aromatic hydroxyl groups is 1. The molecule has 144 valence electrons. The molecular formula is C23H17ClN2O3. The van der Waals surface area contributed by atoms with Gasteiger partial charge in [-0.1, -0.05) is 66.2 Å². The summed E-state index contributed by atoms with van der Waals surface area (Å²) in [4.78, 5) is 17.2. The summed E-state index contributed by atoms with van der Waals surface area (Å²) >= 11 is 5.85. The quantitative estimate of drug-likeness (QED) is 0.457. The van der Waals surface area contributed by atoms with Crippen LogP contribution in [0.15, 0.2) is 83.3 Å². The van der Waals surface area contributed by atoms with E-state index in [1.54, 1.807) is 12.1 Å². The molecule has 0 spiro atoms. The van der Waals surface area contributed by atoms with Gasteiger partial charge in [0.25, 0.3) is 0 Å². The summed E-state index contributed by atoms with van der Waals surface area (Å²) in [6.45, 7) is 0. The van der Waals surface area contributed by atoms with Gasteiger partial charge in [-0.2, -0.15) is 0 Å². The number of nitrogens with one attached hydrogen (secondary N) is 1. The monoisotopic (exact) mass is 404 g/mol. The first-order valence-corrected chi connectivity index (χ1v) is 9.37. The molecule has 0 unspecified atom stereocenters. The number of benzene rings is 3. The maximum absolute atomic E-state index is 12.6. The molecule has 1 aromatic heterocycles. The number of nitrogens with zero attached hydrogens (tertiary/aromatic N) is 1. The second-order valence-electron chi connectivity index (χ2n) is 6.43. The van der Waals surface area contributed by atoms with E-state index < -0.39 is 0 Å². The fourth-order valence-corrected chi connectivity index (χ4v) is 3.10. The van der Waals surface area contributed by atoms with Crippen LogP contribution in [-0.2, 0) is 11.2 Å². The van der Waals surface area contributed by atoms with E-state index in [0.29, 0.717) is 22.2 Å². The Labute approximate surface area is 172 Å². The van der Waals surface area contributed by atoms with Crippen LogP contribution in [0.4, 0.5) is 5.88 Å². The minimum atomic E-state index is -0.337. The first-order valence-electron chi connectivity index (χ1n) is 8.99. The zero-order valence-electron chi connectivity index (χ0n) is 15.3. The number of phenolic OH excluding ortho intramolecular Hbond substituents is 1. The second-order valence-corrected chi connectivity index (χ2v) is 6.86. The van der Waals surface area contributed by atoms with Crippen LogP contribution in [0.5, 0.6) is 5.75 Å². The van der Waals surface area contributed by atoms with E-state index >= 15 is 0 Å². The first-order chi connectivity index (χ1) is 14.1. The third kappa shape index (κ3) is 4.31. The molecule has 0 aliphatic rings. The van der Waals surface area contributed by atoms with Gasteiger partial charge in [0.05, 0.1) is 6.42 Å². The van der Waals surface area contributed by atoms with Crippen LogP contribution >= 0.6 is 11.6 Å². The van der Waals surface area contributed by atoms with E-state index in [9.17, 15) is 9.90 Å². The maximum atomic E-state index is 12.6. The lowest BCUT2D eigenvalue weighted by molar-refractivity contribution is -0.115. The lowest BCUT2D eigenvalue weighted by Gasteiger charge is -2.06. The topological polar surface area (TPSA) is 75.4 Å². The van der Waals surface area contributed by atoms with Crippen LogP contribution in [-0.4, -0.2) is 16.0 Å². The summed E-state index contributed by atoms with van der Waals surface area (Å²) in [6, 6.07) is 23.6. The Morgan fingerprint density at radius 3 is 2.28 bits per heavy atom. The van der Waals surface area contributed by atoms with Gasteiger partial charge in [0, 0.05) is 21.7 Å². The number of amides is 1. The van der Waals surface area contributed by atoms with Gasteiger partial charge in [-0.25, -0.2) is 4.98 Å². The lowest BCUT2D eigenvalue weighted by Crippen LogP contribution is -2.14. The van der Waals surface area contributed by atoms with Crippen molar-refractivity contribution in [2.24, 2.45) is 0 Å². The predicted octanol–water partition coefficient (Wildman–Crippen LogP) is 5.55. The van der Waals surface area contributed by atoms with Gasteiger partial charge in [0.1, 0.15) is 11.4 Å². The maximum Gasteiger partial charge on any atom is 0.231 e. The van der Waals surface area contributed by atoms with Crippen molar-refractivity contribution in [1.82, 2.24) is 4.98 Å². The van der Waals surface area contributed by atoms with Gasteiger partial charge in [-0.3, -0.25) is 10.1 Å². The highest BCUT2D eigenvalue weighted by atomic mass is 35.5. The van der Waals surface area contributed by atoms with Crippen LogP contribution in [0.1, 0.15) is 5.56 Å². The molecule has 4 aromatic rings. The van der Waals surface area contributed by atoms with Crippen molar-refractivity contribution < 1.29 is 14.3 Å². The van der Waals surface area contributed by atoms with E-state index in [4.69, 9.17) is 16.0 Å². The second kappa shape index (κ2) is 8.20. The SMILES string of the molecule is O=C(Cc1ccc(Cl)cc1O)Nc1oc(-c2ccccc2)nc1-c1ccccc1. The molecule has 3 aromatic carbocycles. The molecule has 0 fully saturated rings. The summed E-state index contributed by atoms with van der Waals surface area (Å²) in [5.74, 6) is 0.302. The van der Waals surface area contributed by atoms with Gasteiger partial charge < -0.3 is 9.52 Å². The number of aromatic nitrogens is 1. The molecule has 0 saturated carbocycles. The molecule has 0 bridgehead atoms. The summed E-state index contributed by atoms with van der Waals surface area (Å²) < 4.78 is 5.89. The standard InChI is InChI=1S/C23H17ClN2O3/c24-18-12-11-17(19(27)14-18)13-20(28)25-23-21(15-7-3-1-4-8-15)26-22(29-23)16-9-5-2-6-10-16/h1-12,14,27H,13H2,(H,25,28). The van der Waals surface area contributed by atoms with Gasteiger partial charge in [0.15, 0.2) is 0 Å².